The number of nitrogens with one attached hydrogen (secondary N) is 1. The lowest BCUT2D eigenvalue weighted by atomic mass is 10.2. The highest BCUT2D eigenvalue weighted by Gasteiger charge is 2.19. The van der Waals surface area contributed by atoms with Crippen LogP contribution in [0.5, 0.6) is 0 Å². The van der Waals surface area contributed by atoms with Crippen LogP contribution >= 0.6 is 11.3 Å². The summed E-state index contributed by atoms with van der Waals surface area (Å²) in [5.74, 6) is 2.82. The molecule has 1 atom stereocenters. The molecule has 3 heterocycles. The molecule has 0 saturated carbocycles. The molecule has 0 amide bonds. The predicted octanol–water partition coefficient (Wildman–Crippen LogP) is 3.56. The van der Waals surface area contributed by atoms with E-state index >= 15 is 0 Å². The second-order valence-electron chi connectivity index (χ2n) is 5.00. The SMILES string of the molecule is CCC(Nc1nc(C)nc2scc(C)c12)c1noc(C)n1. The van der Waals surface area contributed by atoms with Crippen molar-refractivity contribution >= 4 is 27.4 Å². The van der Waals surface area contributed by atoms with Gasteiger partial charge in [0.15, 0.2) is 5.82 Å². The van der Waals surface area contributed by atoms with Crippen LogP contribution in [0.15, 0.2) is 9.90 Å². The number of nitrogens with zero attached hydrogens (tertiary/aromatic N) is 4. The first-order chi connectivity index (χ1) is 10.1. The number of aryl methyl sites for hydroxylation is 3. The Morgan fingerprint density at radius 1 is 1.24 bits per heavy atom. The highest BCUT2D eigenvalue weighted by atomic mass is 32.1. The largest absolute Gasteiger partial charge is 0.359 e. The lowest BCUT2D eigenvalue weighted by molar-refractivity contribution is 0.384. The van der Waals surface area contributed by atoms with E-state index in [-0.39, 0.29) is 6.04 Å². The summed E-state index contributed by atoms with van der Waals surface area (Å²) in [6, 6.07) is -0.0285. The van der Waals surface area contributed by atoms with Crippen molar-refractivity contribution in [3.8, 4) is 0 Å². The van der Waals surface area contributed by atoms with Crippen LogP contribution in [0.1, 0.15) is 42.5 Å². The molecule has 0 fully saturated rings. The van der Waals surface area contributed by atoms with Crippen LogP contribution in [0, 0.1) is 20.8 Å². The maximum atomic E-state index is 5.07. The molecule has 110 valence electrons. The fourth-order valence-electron chi connectivity index (χ4n) is 2.27. The molecule has 1 N–H and O–H groups in total. The molecule has 7 heteroatoms. The lowest BCUT2D eigenvalue weighted by Crippen LogP contribution is -2.13. The number of rotatable bonds is 4. The van der Waals surface area contributed by atoms with E-state index in [1.54, 1.807) is 18.3 Å². The van der Waals surface area contributed by atoms with Gasteiger partial charge in [-0.2, -0.15) is 4.98 Å². The van der Waals surface area contributed by atoms with E-state index in [0.29, 0.717) is 11.7 Å². The molecule has 0 aliphatic heterocycles. The summed E-state index contributed by atoms with van der Waals surface area (Å²) in [6.45, 7) is 7.84. The van der Waals surface area contributed by atoms with Crippen LogP contribution in [-0.4, -0.2) is 20.1 Å². The molecule has 3 aromatic heterocycles. The summed E-state index contributed by atoms with van der Waals surface area (Å²) >= 11 is 1.64. The van der Waals surface area contributed by atoms with Gasteiger partial charge in [-0.15, -0.1) is 11.3 Å². The summed E-state index contributed by atoms with van der Waals surface area (Å²) < 4.78 is 5.07. The summed E-state index contributed by atoms with van der Waals surface area (Å²) in [6.07, 6.45) is 0.840. The van der Waals surface area contributed by atoms with Gasteiger partial charge in [0.1, 0.15) is 16.5 Å². The molecule has 0 spiro atoms. The lowest BCUT2D eigenvalue weighted by Gasteiger charge is -2.15. The van der Waals surface area contributed by atoms with Gasteiger partial charge in [-0.1, -0.05) is 12.1 Å². The van der Waals surface area contributed by atoms with E-state index in [9.17, 15) is 0 Å². The smallest absolute Gasteiger partial charge is 0.223 e. The van der Waals surface area contributed by atoms with Crippen molar-refractivity contribution < 1.29 is 4.52 Å². The van der Waals surface area contributed by atoms with Crippen LogP contribution in [0.2, 0.25) is 0 Å². The van der Waals surface area contributed by atoms with Crippen molar-refractivity contribution in [1.29, 1.82) is 0 Å². The monoisotopic (exact) mass is 303 g/mol. The zero-order valence-electron chi connectivity index (χ0n) is 12.5. The number of thiophene rings is 1. The Morgan fingerprint density at radius 2 is 2.05 bits per heavy atom. The maximum absolute atomic E-state index is 5.07. The predicted molar refractivity (Wildman–Crippen MR) is 82.6 cm³/mol. The molecular formula is C14H17N5OS. The van der Waals surface area contributed by atoms with E-state index in [1.165, 1.54) is 5.56 Å². The molecule has 3 rings (SSSR count). The van der Waals surface area contributed by atoms with Crippen molar-refractivity contribution in [2.45, 2.75) is 40.2 Å². The van der Waals surface area contributed by atoms with Gasteiger partial charge in [-0.3, -0.25) is 0 Å². The number of aromatic nitrogens is 4. The molecule has 0 aromatic carbocycles. The van der Waals surface area contributed by atoms with Crippen LogP contribution in [0.25, 0.3) is 10.2 Å². The third-order valence-corrected chi connectivity index (χ3v) is 4.29. The van der Waals surface area contributed by atoms with Crippen molar-refractivity contribution in [3.63, 3.8) is 0 Å². The van der Waals surface area contributed by atoms with Crippen molar-refractivity contribution in [3.05, 3.63) is 28.5 Å². The fraction of sp³-hybridized carbons (Fsp3) is 0.429. The topological polar surface area (TPSA) is 76.7 Å². The average Bonchev–Trinajstić information content (AvgIpc) is 3.02. The second kappa shape index (κ2) is 5.40. The molecule has 0 aliphatic carbocycles. The van der Waals surface area contributed by atoms with E-state index in [1.807, 2.05) is 6.92 Å². The molecule has 0 aliphatic rings. The Hall–Kier alpha value is -2.02. The quantitative estimate of drug-likeness (QED) is 0.794. The number of fused-ring (bicyclic) bond motifs is 1. The summed E-state index contributed by atoms with van der Waals surface area (Å²) in [5.41, 5.74) is 1.18. The molecule has 0 radical (unpaired) electrons. The Balaban J connectivity index is 2.01. The second-order valence-corrected chi connectivity index (χ2v) is 5.85. The van der Waals surface area contributed by atoms with E-state index < -0.39 is 0 Å². The minimum Gasteiger partial charge on any atom is -0.359 e. The highest BCUT2D eigenvalue weighted by Crippen LogP contribution is 2.31. The Kier molecular flexibility index (Phi) is 3.59. The highest BCUT2D eigenvalue weighted by molar-refractivity contribution is 7.17. The van der Waals surface area contributed by atoms with Gasteiger partial charge in [-0.25, -0.2) is 9.97 Å². The van der Waals surface area contributed by atoms with Gasteiger partial charge < -0.3 is 9.84 Å². The molecule has 1 unspecified atom stereocenters. The fourth-order valence-corrected chi connectivity index (χ4v) is 3.23. The van der Waals surface area contributed by atoms with Crippen LogP contribution < -0.4 is 5.32 Å². The zero-order chi connectivity index (χ0) is 15.0. The molecule has 0 bridgehead atoms. The van der Waals surface area contributed by atoms with Crippen LogP contribution in [-0.2, 0) is 0 Å². The standard InChI is InChI=1S/C14H17N5OS/c1-5-10(12-17-9(4)20-19-12)18-13-11-7(2)6-21-14(11)16-8(3)15-13/h6,10H,5H2,1-4H3,(H,15,16,18). The molecule has 0 saturated heterocycles. The van der Waals surface area contributed by atoms with Crippen molar-refractivity contribution in [2.24, 2.45) is 0 Å². The third kappa shape index (κ3) is 2.61. The molecule has 6 nitrogen and oxygen atoms in total. The first-order valence-corrected chi connectivity index (χ1v) is 7.75. The number of hydrogen-bond donors (Lipinski definition) is 1. The van der Waals surface area contributed by atoms with Gasteiger partial charge in [0.05, 0.1) is 11.4 Å². The number of anilines is 1. The first kappa shape index (κ1) is 13.9. The van der Waals surface area contributed by atoms with E-state index in [2.05, 4.69) is 44.7 Å². The molecule has 3 aromatic rings. The van der Waals surface area contributed by atoms with Gasteiger partial charge in [0, 0.05) is 6.92 Å². The Morgan fingerprint density at radius 3 is 2.71 bits per heavy atom. The average molecular weight is 303 g/mol. The Labute approximate surface area is 126 Å². The van der Waals surface area contributed by atoms with Gasteiger partial charge in [0.25, 0.3) is 0 Å². The van der Waals surface area contributed by atoms with Gasteiger partial charge in [-0.05, 0) is 31.2 Å². The van der Waals surface area contributed by atoms with Crippen LogP contribution in [0.4, 0.5) is 5.82 Å². The third-order valence-electron chi connectivity index (χ3n) is 3.30. The van der Waals surface area contributed by atoms with Gasteiger partial charge in [0.2, 0.25) is 5.89 Å². The first-order valence-electron chi connectivity index (χ1n) is 6.87. The van der Waals surface area contributed by atoms with Crippen LogP contribution in [0.3, 0.4) is 0 Å². The molecule has 21 heavy (non-hydrogen) atoms. The Bertz CT molecular complexity index is 779. The summed E-state index contributed by atoms with van der Waals surface area (Å²) in [5, 5.41) is 10.6. The van der Waals surface area contributed by atoms with Crippen molar-refractivity contribution in [1.82, 2.24) is 20.1 Å². The van der Waals surface area contributed by atoms with Gasteiger partial charge >= 0.3 is 0 Å². The maximum Gasteiger partial charge on any atom is 0.223 e. The summed E-state index contributed by atoms with van der Waals surface area (Å²) in [7, 11) is 0. The minimum atomic E-state index is -0.0285. The molecular weight excluding hydrogens is 286 g/mol. The normalized spacial score (nSPS) is 12.8. The van der Waals surface area contributed by atoms with E-state index in [0.717, 1.165) is 28.3 Å². The minimum absolute atomic E-state index is 0.0285. The number of hydrogen-bond acceptors (Lipinski definition) is 7. The van der Waals surface area contributed by atoms with E-state index in [4.69, 9.17) is 4.52 Å². The zero-order valence-corrected chi connectivity index (χ0v) is 13.3. The van der Waals surface area contributed by atoms with Crippen molar-refractivity contribution in [2.75, 3.05) is 5.32 Å². The summed E-state index contributed by atoms with van der Waals surface area (Å²) in [4.78, 5) is 14.3.